The van der Waals surface area contributed by atoms with Crippen LogP contribution in [-0.2, 0) is 39.0 Å². The van der Waals surface area contributed by atoms with E-state index in [-0.39, 0.29) is 20.8 Å². The first kappa shape index (κ1) is 22.0. The average Bonchev–Trinajstić information content (AvgIpc) is 2.97. The van der Waals surface area contributed by atoms with Gasteiger partial charge in [0.15, 0.2) is 10.8 Å². The third-order valence-electron chi connectivity index (χ3n) is 3.32. The lowest BCUT2D eigenvalue weighted by Gasteiger charge is -2.43. The van der Waals surface area contributed by atoms with E-state index < -0.39 is 50.9 Å². The van der Waals surface area contributed by atoms with E-state index in [2.05, 4.69) is 24.5 Å². The molecular weight excluding hydrogens is 442 g/mol. The number of hydrogen-bond acceptors (Lipinski definition) is 12. The summed E-state index contributed by atoms with van der Waals surface area (Å²) in [6, 6.07) is -3.03. The molecule has 0 unspecified atom stereocenters. The minimum Gasteiger partial charge on any atom is -0.398 e. The summed E-state index contributed by atoms with van der Waals surface area (Å²) in [6.45, 7) is -0.824. The van der Waals surface area contributed by atoms with Gasteiger partial charge in [0.05, 0.1) is 12.9 Å². The molecule has 1 aromatic heterocycles. The van der Waals surface area contributed by atoms with Gasteiger partial charge in [-0.1, -0.05) is 5.16 Å². The summed E-state index contributed by atoms with van der Waals surface area (Å²) in [6.07, 6.45) is 0.703. The number of carbonyl (C=O) groups excluding carboxylic acids is 2. The quantitative estimate of drug-likeness (QED) is 0.123. The molecular formula is C11H15N5O9S3. The lowest BCUT2D eigenvalue weighted by atomic mass is 9.99. The molecule has 28 heavy (non-hydrogen) atoms. The monoisotopic (exact) mass is 457 g/mol. The van der Waals surface area contributed by atoms with Gasteiger partial charge in [-0.25, -0.2) is 9.29 Å². The molecule has 0 saturated carbocycles. The highest BCUT2D eigenvalue weighted by atomic mass is 32.2. The molecule has 2 heterocycles. The Morgan fingerprint density at radius 2 is 2.11 bits per heavy atom. The molecule has 1 aliphatic rings. The average molecular weight is 457 g/mol. The molecule has 0 aliphatic carbocycles. The number of thiazole rings is 1. The maximum atomic E-state index is 12.5. The van der Waals surface area contributed by atoms with Crippen LogP contribution in [0.3, 0.4) is 0 Å². The Hall–Kier alpha value is -2.34. The first-order valence-electron chi connectivity index (χ1n) is 7.13. The Balaban J connectivity index is 2.24. The molecule has 2 atom stereocenters. The summed E-state index contributed by atoms with van der Waals surface area (Å²) in [5.41, 5.74) is 5.16. The number of nitrogens with two attached hydrogens (primary N) is 1. The molecule has 2 amide bonds. The van der Waals surface area contributed by atoms with Crippen LogP contribution in [0.15, 0.2) is 10.5 Å². The van der Waals surface area contributed by atoms with Crippen molar-refractivity contribution >= 4 is 54.4 Å². The van der Waals surface area contributed by atoms with E-state index >= 15 is 0 Å². The number of nitrogens with one attached hydrogen (secondary N) is 1. The van der Waals surface area contributed by atoms with Crippen LogP contribution >= 0.6 is 11.3 Å². The molecule has 2 rings (SSSR count). The number of aromatic nitrogens is 1. The Morgan fingerprint density at radius 1 is 1.46 bits per heavy atom. The molecule has 0 radical (unpaired) electrons. The largest absolute Gasteiger partial charge is 0.398 e. The minimum atomic E-state index is -5.00. The first-order chi connectivity index (χ1) is 12.8. The second-order valence-electron chi connectivity index (χ2n) is 5.31. The van der Waals surface area contributed by atoms with Crippen LogP contribution < -0.4 is 11.1 Å². The number of carbonyl (C=O) groups is 2. The number of amides is 2. The van der Waals surface area contributed by atoms with Gasteiger partial charge < -0.3 is 15.9 Å². The number of hydrogen-bond donors (Lipinski definition) is 3. The van der Waals surface area contributed by atoms with Crippen LogP contribution in [0.2, 0.25) is 0 Å². The third-order valence-corrected chi connectivity index (χ3v) is 5.51. The molecule has 0 bridgehead atoms. The van der Waals surface area contributed by atoms with Gasteiger partial charge in [0.25, 0.3) is 21.9 Å². The predicted octanol–water partition coefficient (Wildman–Crippen LogP) is -2.45. The van der Waals surface area contributed by atoms with Crippen LogP contribution in [0.4, 0.5) is 5.13 Å². The Kier molecular flexibility index (Phi) is 6.24. The van der Waals surface area contributed by atoms with Gasteiger partial charge in [0.1, 0.15) is 24.9 Å². The summed E-state index contributed by atoms with van der Waals surface area (Å²) in [7, 11) is -7.84. The molecule has 17 heteroatoms. The topological polar surface area (TPSA) is 208 Å². The fourth-order valence-electron chi connectivity index (χ4n) is 2.22. The molecule has 1 aromatic rings. The number of nitrogen functional groups attached to an aromatic ring is 1. The van der Waals surface area contributed by atoms with Gasteiger partial charge in [-0.2, -0.15) is 16.8 Å². The van der Waals surface area contributed by atoms with Crippen LogP contribution in [0.25, 0.3) is 0 Å². The number of nitrogens with zero attached hydrogens (tertiary/aromatic N) is 3. The van der Waals surface area contributed by atoms with Crippen LogP contribution in [0.1, 0.15) is 5.69 Å². The minimum absolute atomic E-state index is 0.00288. The summed E-state index contributed by atoms with van der Waals surface area (Å²) in [5, 5.41) is 7.20. The number of β-lactam (4-membered cyclic amide) rings is 1. The Morgan fingerprint density at radius 3 is 2.57 bits per heavy atom. The van der Waals surface area contributed by atoms with Gasteiger partial charge in [-0.05, 0) is 0 Å². The number of rotatable bonds is 8. The predicted molar refractivity (Wildman–Crippen MR) is 95.0 cm³/mol. The third kappa shape index (κ3) is 4.93. The van der Waals surface area contributed by atoms with E-state index in [1.54, 1.807) is 0 Å². The van der Waals surface area contributed by atoms with Crippen molar-refractivity contribution in [2.24, 2.45) is 5.16 Å². The highest BCUT2D eigenvalue weighted by Crippen LogP contribution is 2.24. The summed E-state index contributed by atoms with van der Waals surface area (Å²) < 4.78 is 58.6. The van der Waals surface area contributed by atoms with E-state index in [4.69, 9.17) is 10.3 Å². The fourth-order valence-corrected chi connectivity index (χ4v) is 4.02. The van der Waals surface area contributed by atoms with Crippen molar-refractivity contribution in [2.75, 3.05) is 25.7 Å². The lowest BCUT2D eigenvalue weighted by molar-refractivity contribution is -0.146. The van der Waals surface area contributed by atoms with Crippen molar-refractivity contribution in [3.05, 3.63) is 11.1 Å². The second kappa shape index (κ2) is 7.95. The zero-order valence-electron chi connectivity index (χ0n) is 14.3. The summed E-state index contributed by atoms with van der Waals surface area (Å²) in [4.78, 5) is 32.9. The number of oxime groups is 1. The molecule has 0 spiro atoms. The van der Waals surface area contributed by atoms with Crippen LogP contribution in [-0.4, -0.2) is 80.3 Å². The maximum Gasteiger partial charge on any atom is 0.362 e. The fraction of sp³-hybridized carbons (Fsp3) is 0.455. The molecule has 0 aromatic carbocycles. The van der Waals surface area contributed by atoms with Gasteiger partial charge in [0.2, 0.25) is 0 Å². The van der Waals surface area contributed by atoms with E-state index in [0.29, 0.717) is 6.26 Å². The highest BCUT2D eigenvalue weighted by Gasteiger charge is 2.54. The summed E-state index contributed by atoms with van der Waals surface area (Å²) >= 11 is 1.01. The van der Waals surface area contributed by atoms with Crippen molar-refractivity contribution in [2.45, 2.75) is 12.1 Å². The van der Waals surface area contributed by atoms with Gasteiger partial charge in [0, 0.05) is 5.38 Å². The van der Waals surface area contributed by atoms with Gasteiger partial charge >= 0.3 is 10.3 Å². The van der Waals surface area contributed by atoms with Crippen molar-refractivity contribution in [3.63, 3.8) is 0 Å². The van der Waals surface area contributed by atoms with Crippen molar-refractivity contribution in [1.29, 1.82) is 0 Å². The van der Waals surface area contributed by atoms with Crippen molar-refractivity contribution < 1.29 is 40.0 Å². The molecule has 1 aliphatic heterocycles. The van der Waals surface area contributed by atoms with E-state index in [1.807, 2.05) is 0 Å². The zero-order chi connectivity index (χ0) is 21.3. The van der Waals surface area contributed by atoms with Gasteiger partial charge in [-0.15, -0.1) is 11.3 Å². The molecule has 1 saturated heterocycles. The van der Waals surface area contributed by atoms with Crippen molar-refractivity contribution in [3.8, 4) is 0 Å². The smallest absolute Gasteiger partial charge is 0.362 e. The number of anilines is 1. The van der Waals surface area contributed by atoms with Crippen LogP contribution in [0.5, 0.6) is 0 Å². The molecule has 1 fully saturated rings. The maximum absolute atomic E-state index is 12.5. The SMILES string of the molecule is CON=C(C(=O)N[C@H]1C(=O)N(S(=O)(=O)O)[C@H]1COS(C)(=O)=O)c1csc(N)n1. The normalized spacial score (nSPS) is 20.6. The van der Waals surface area contributed by atoms with Gasteiger partial charge in [-0.3, -0.25) is 18.3 Å². The van der Waals surface area contributed by atoms with E-state index in [1.165, 1.54) is 5.38 Å². The highest BCUT2D eigenvalue weighted by molar-refractivity contribution is 7.86. The molecule has 14 nitrogen and oxygen atoms in total. The second-order valence-corrected chi connectivity index (χ2v) is 9.14. The lowest BCUT2D eigenvalue weighted by Crippen LogP contribution is -2.73. The Labute approximate surface area is 163 Å². The summed E-state index contributed by atoms with van der Waals surface area (Å²) in [5.74, 6) is -2.18. The molecule has 4 N–H and O–H groups in total. The van der Waals surface area contributed by atoms with Crippen molar-refractivity contribution in [1.82, 2.24) is 14.6 Å². The Bertz CT molecular complexity index is 1020. The van der Waals surface area contributed by atoms with Crippen LogP contribution in [0, 0.1) is 0 Å². The zero-order valence-corrected chi connectivity index (χ0v) is 16.7. The van der Waals surface area contributed by atoms with E-state index in [9.17, 15) is 26.4 Å². The first-order valence-corrected chi connectivity index (χ1v) is 11.2. The molecule has 156 valence electrons. The van der Waals surface area contributed by atoms with E-state index in [0.717, 1.165) is 18.4 Å². The standard InChI is InChI=1S/C11H15N5O9S3/c1-24-15-7(5-4-26-11(12)13-5)9(17)14-8-6(3-25-27(2,19)20)16(10(8)18)28(21,22)23/h4,6,8H,3H2,1-2H3,(H2,12,13)(H,14,17)(H,21,22,23)/t6-,8+/m0/s1.